The van der Waals surface area contributed by atoms with Crippen molar-refractivity contribution in [2.24, 2.45) is 0 Å². The van der Waals surface area contributed by atoms with E-state index < -0.39 is 28.5 Å². The van der Waals surface area contributed by atoms with Gasteiger partial charge in [-0.15, -0.1) is 0 Å². The molecule has 0 heterocycles. The number of nitrogens with zero attached hydrogens (tertiary/aromatic N) is 2. The fraction of sp³-hybridized carbons (Fsp3) is 0.297. The fourth-order valence-corrected chi connectivity index (χ4v) is 7.54. The molecule has 0 aromatic heterocycles. The molecule has 0 spiro atoms. The van der Waals surface area contributed by atoms with E-state index >= 15 is 0 Å². The van der Waals surface area contributed by atoms with Crippen LogP contribution in [-0.4, -0.2) is 50.9 Å². The third kappa shape index (κ3) is 8.73. The highest BCUT2D eigenvalue weighted by Crippen LogP contribution is 2.28. The Balaban J connectivity index is 1.57. The highest BCUT2D eigenvalue weighted by molar-refractivity contribution is 7.92. The second-order valence-corrected chi connectivity index (χ2v) is 14.0. The molecule has 0 bridgehead atoms. The minimum absolute atomic E-state index is 0.00539. The normalized spacial score (nSPS) is 14.2. The number of methoxy groups -OCH3 is 1. The fourth-order valence-electron chi connectivity index (χ4n) is 5.92. The zero-order valence-corrected chi connectivity index (χ0v) is 28.0. The zero-order chi connectivity index (χ0) is 33.2. The van der Waals surface area contributed by atoms with Crippen LogP contribution in [0.4, 0.5) is 5.69 Å². The number of nitrogens with one attached hydrogen (secondary N) is 1. The molecule has 1 atom stereocenters. The van der Waals surface area contributed by atoms with Gasteiger partial charge in [-0.05, 0) is 54.3 Å². The summed E-state index contributed by atoms with van der Waals surface area (Å²) in [4.78, 5) is 30.4. The van der Waals surface area contributed by atoms with Gasteiger partial charge in [0, 0.05) is 30.1 Å². The zero-order valence-electron chi connectivity index (χ0n) is 26.4. The van der Waals surface area contributed by atoms with Crippen LogP contribution in [-0.2, 0) is 32.6 Å². The van der Waals surface area contributed by atoms with Crippen LogP contribution < -0.4 is 14.4 Å². The summed E-state index contributed by atoms with van der Waals surface area (Å²) in [5.74, 6) is -0.392. The van der Waals surface area contributed by atoms with Gasteiger partial charge in [0.15, 0.2) is 0 Å². The first-order chi connectivity index (χ1) is 22.8. The van der Waals surface area contributed by atoms with Crippen molar-refractivity contribution in [3.05, 3.63) is 125 Å². The minimum Gasteiger partial charge on any atom is -0.497 e. The Labute approximate surface area is 282 Å². The lowest BCUT2D eigenvalue weighted by Gasteiger charge is -2.35. The standard InChI is InChI=1S/C37H40ClN3O5S/c1-46-32-20-13-19-31(25-32)41(47(44,45)33-21-9-4-10-22-33)27-36(42)40(26-29-16-11-12-23-34(29)38)35(24-28-14-5-2-6-15-28)37(43)39-30-17-7-3-8-18-30/h2,4-6,9-16,19-23,25,30,35H,3,7-8,17-18,24,26-27H2,1H3,(H,39,43)/t35-/m0/s1. The molecule has 4 aromatic carbocycles. The molecule has 47 heavy (non-hydrogen) atoms. The van der Waals surface area contributed by atoms with Crippen LogP contribution >= 0.6 is 11.6 Å². The predicted molar refractivity (Wildman–Crippen MR) is 185 cm³/mol. The van der Waals surface area contributed by atoms with E-state index in [0.717, 1.165) is 42.0 Å². The van der Waals surface area contributed by atoms with Gasteiger partial charge < -0.3 is 15.0 Å². The van der Waals surface area contributed by atoms with Crippen LogP contribution in [0.25, 0.3) is 0 Å². The Bertz CT molecular complexity index is 1750. The Hall–Kier alpha value is -4.34. The summed E-state index contributed by atoms with van der Waals surface area (Å²) in [5.41, 5.74) is 1.77. The molecule has 4 aromatic rings. The smallest absolute Gasteiger partial charge is 0.264 e. The topological polar surface area (TPSA) is 96.0 Å². The molecule has 0 radical (unpaired) electrons. The van der Waals surface area contributed by atoms with Gasteiger partial charge >= 0.3 is 0 Å². The van der Waals surface area contributed by atoms with Gasteiger partial charge in [-0.3, -0.25) is 13.9 Å². The summed E-state index contributed by atoms with van der Waals surface area (Å²) in [6.45, 7) is -0.553. The number of sulfonamides is 1. The Morgan fingerprint density at radius 1 is 0.872 bits per heavy atom. The molecule has 1 aliphatic rings. The van der Waals surface area contributed by atoms with Crippen LogP contribution in [0.1, 0.15) is 43.2 Å². The van der Waals surface area contributed by atoms with E-state index in [0.29, 0.717) is 16.3 Å². The van der Waals surface area contributed by atoms with E-state index in [2.05, 4.69) is 5.32 Å². The molecule has 1 fully saturated rings. The monoisotopic (exact) mass is 673 g/mol. The number of carbonyl (C=O) groups is 2. The first-order valence-electron chi connectivity index (χ1n) is 15.9. The van der Waals surface area contributed by atoms with Crippen LogP contribution in [0.2, 0.25) is 5.02 Å². The van der Waals surface area contributed by atoms with Crippen molar-refractivity contribution in [3.63, 3.8) is 0 Å². The summed E-state index contributed by atoms with van der Waals surface area (Å²) < 4.78 is 34.8. The number of rotatable bonds is 13. The lowest BCUT2D eigenvalue weighted by Crippen LogP contribution is -2.55. The molecule has 0 aliphatic heterocycles. The Kier molecular flexibility index (Phi) is 11.6. The molecule has 8 nitrogen and oxygen atoms in total. The summed E-state index contributed by atoms with van der Waals surface area (Å²) in [7, 11) is -2.72. The number of ether oxygens (including phenoxy) is 1. The van der Waals surface area contributed by atoms with E-state index in [1.807, 2.05) is 42.5 Å². The van der Waals surface area contributed by atoms with Gasteiger partial charge in [0.2, 0.25) is 11.8 Å². The van der Waals surface area contributed by atoms with E-state index in [-0.39, 0.29) is 35.5 Å². The van der Waals surface area contributed by atoms with Gasteiger partial charge in [0.1, 0.15) is 18.3 Å². The highest BCUT2D eigenvalue weighted by atomic mass is 35.5. The van der Waals surface area contributed by atoms with E-state index in [1.54, 1.807) is 54.6 Å². The van der Waals surface area contributed by atoms with Crippen molar-refractivity contribution in [1.82, 2.24) is 10.2 Å². The largest absolute Gasteiger partial charge is 0.497 e. The first-order valence-corrected chi connectivity index (χ1v) is 17.7. The predicted octanol–water partition coefficient (Wildman–Crippen LogP) is 6.63. The molecule has 1 N–H and O–H groups in total. The Morgan fingerprint density at radius 2 is 1.53 bits per heavy atom. The lowest BCUT2D eigenvalue weighted by atomic mass is 9.94. The van der Waals surface area contributed by atoms with E-state index in [9.17, 15) is 18.0 Å². The maximum atomic E-state index is 14.7. The van der Waals surface area contributed by atoms with Crippen molar-refractivity contribution >= 4 is 39.1 Å². The third-order valence-corrected chi connectivity index (χ3v) is 10.6. The average molecular weight is 674 g/mol. The molecule has 1 saturated carbocycles. The summed E-state index contributed by atoms with van der Waals surface area (Å²) in [6, 6.07) is 30.3. The molecule has 5 rings (SSSR count). The van der Waals surface area contributed by atoms with Gasteiger partial charge in [-0.25, -0.2) is 8.42 Å². The Morgan fingerprint density at radius 3 is 2.21 bits per heavy atom. The molecule has 1 aliphatic carbocycles. The number of anilines is 1. The minimum atomic E-state index is -4.21. The molecule has 0 saturated heterocycles. The van der Waals surface area contributed by atoms with Crippen molar-refractivity contribution in [2.75, 3.05) is 18.0 Å². The molecule has 0 unspecified atom stereocenters. The number of halogens is 1. The van der Waals surface area contributed by atoms with Gasteiger partial charge in [-0.2, -0.15) is 0 Å². The number of amides is 2. The van der Waals surface area contributed by atoms with Crippen molar-refractivity contribution in [2.45, 2.75) is 62.0 Å². The summed E-state index contributed by atoms with van der Waals surface area (Å²) in [6.07, 6.45) is 5.18. The van der Waals surface area contributed by atoms with Gasteiger partial charge in [0.05, 0.1) is 17.7 Å². The van der Waals surface area contributed by atoms with E-state index in [4.69, 9.17) is 16.3 Å². The number of hydrogen-bond donors (Lipinski definition) is 1. The first kappa shape index (κ1) is 34.0. The number of carbonyl (C=O) groups excluding carboxylic acids is 2. The lowest BCUT2D eigenvalue weighted by molar-refractivity contribution is -0.140. The molecule has 2 amide bonds. The van der Waals surface area contributed by atoms with Crippen LogP contribution in [0.15, 0.2) is 114 Å². The SMILES string of the molecule is COc1cccc(N(CC(=O)N(Cc2ccccc2Cl)[C@@H](Cc2ccccc2)C(=O)NC2CCCCC2)S(=O)(=O)c2ccccc2)c1. The highest BCUT2D eigenvalue weighted by Gasteiger charge is 2.35. The third-order valence-electron chi connectivity index (χ3n) is 8.47. The van der Waals surface area contributed by atoms with Crippen LogP contribution in [0.3, 0.4) is 0 Å². The number of hydrogen-bond acceptors (Lipinski definition) is 5. The molecule has 10 heteroatoms. The molecular formula is C37H40ClN3O5S. The van der Waals surface area contributed by atoms with Crippen LogP contribution in [0.5, 0.6) is 5.75 Å². The van der Waals surface area contributed by atoms with Crippen molar-refractivity contribution in [1.29, 1.82) is 0 Å². The van der Waals surface area contributed by atoms with Crippen LogP contribution in [0, 0.1) is 0 Å². The van der Waals surface area contributed by atoms with Gasteiger partial charge in [0.25, 0.3) is 10.0 Å². The van der Waals surface area contributed by atoms with Gasteiger partial charge in [-0.1, -0.05) is 104 Å². The summed E-state index contributed by atoms with van der Waals surface area (Å²) >= 11 is 6.60. The molecule has 246 valence electrons. The maximum absolute atomic E-state index is 14.7. The maximum Gasteiger partial charge on any atom is 0.264 e. The summed E-state index contributed by atoms with van der Waals surface area (Å²) in [5, 5.41) is 3.66. The molecular weight excluding hydrogens is 634 g/mol. The average Bonchev–Trinajstić information content (AvgIpc) is 3.10. The van der Waals surface area contributed by atoms with Crippen molar-refractivity contribution < 1.29 is 22.7 Å². The van der Waals surface area contributed by atoms with Crippen molar-refractivity contribution in [3.8, 4) is 5.75 Å². The van der Waals surface area contributed by atoms with E-state index in [1.165, 1.54) is 24.1 Å². The number of benzene rings is 4. The second-order valence-electron chi connectivity index (χ2n) is 11.7. The quantitative estimate of drug-likeness (QED) is 0.172. The second kappa shape index (κ2) is 16.0.